The van der Waals surface area contributed by atoms with Gasteiger partial charge in [-0.05, 0) is 6.07 Å². The second-order valence-electron chi connectivity index (χ2n) is 2.42. The van der Waals surface area contributed by atoms with Gasteiger partial charge in [0.25, 0.3) is 0 Å². The summed E-state index contributed by atoms with van der Waals surface area (Å²) >= 11 is 0. The van der Waals surface area contributed by atoms with E-state index in [1.165, 1.54) is 10.9 Å². The molecule has 1 heterocycles. The van der Waals surface area contributed by atoms with Crippen LogP contribution in [0.4, 0.5) is 4.39 Å². The number of aromatic nitrogens is 2. The number of halogens is 1. The van der Waals surface area contributed by atoms with Crippen LogP contribution in [0, 0.1) is 0 Å². The Kier molecular flexibility index (Phi) is 3.19. The van der Waals surface area contributed by atoms with Crippen LogP contribution in [0.3, 0.4) is 0 Å². The van der Waals surface area contributed by atoms with Gasteiger partial charge in [0.2, 0.25) is 0 Å². The monoisotopic (exact) mass is 173 g/mol. The Labute approximate surface area is 69.8 Å². The highest BCUT2D eigenvalue weighted by Gasteiger charge is 2.10. The second-order valence-corrected chi connectivity index (χ2v) is 2.42. The van der Waals surface area contributed by atoms with Gasteiger partial charge in [-0.3, -0.25) is 4.68 Å². The van der Waals surface area contributed by atoms with E-state index in [4.69, 9.17) is 5.73 Å². The van der Waals surface area contributed by atoms with Crippen LogP contribution in [0.1, 0.15) is 11.8 Å². The lowest BCUT2D eigenvalue weighted by molar-refractivity contribution is 0.174. The van der Waals surface area contributed by atoms with Crippen molar-refractivity contribution in [2.24, 2.45) is 5.73 Å². The molecule has 0 spiro atoms. The third-order valence-corrected chi connectivity index (χ3v) is 1.61. The molecule has 1 unspecified atom stereocenters. The third kappa shape index (κ3) is 1.80. The van der Waals surface area contributed by atoms with Crippen LogP contribution >= 0.6 is 0 Å². The van der Waals surface area contributed by atoms with Crippen LogP contribution < -0.4 is 5.73 Å². The number of rotatable bonds is 4. The summed E-state index contributed by atoms with van der Waals surface area (Å²) in [6, 6.07) is 1.63. The smallest absolute Gasteiger partial charge is 0.109 e. The van der Waals surface area contributed by atoms with Crippen molar-refractivity contribution < 1.29 is 9.50 Å². The van der Waals surface area contributed by atoms with E-state index < -0.39 is 12.8 Å². The van der Waals surface area contributed by atoms with Crippen LogP contribution in [-0.4, -0.2) is 28.1 Å². The van der Waals surface area contributed by atoms with E-state index >= 15 is 0 Å². The van der Waals surface area contributed by atoms with Crippen molar-refractivity contribution in [2.75, 3.05) is 13.2 Å². The predicted octanol–water partition coefficient (Wildman–Crippen LogP) is -0.155. The van der Waals surface area contributed by atoms with E-state index in [-0.39, 0.29) is 13.1 Å². The minimum absolute atomic E-state index is 0.123. The fraction of sp³-hybridized carbons (Fsp3) is 0.571. The molecule has 4 nitrogen and oxygen atoms in total. The highest BCUT2D eigenvalue weighted by Crippen LogP contribution is 2.09. The molecule has 0 amide bonds. The minimum atomic E-state index is -0.751. The number of nitrogens with two attached hydrogens (primary N) is 1. The summed E-state index contributed by atoms with van der Waals surface area (Å²) in [6.07, 6.45) is 0.767. The average molecular weight is 173 g/mol. The van der Waals surface area contributed by atoms with Crippen LogP contribution in [0.2, 0.25) is 0 Å². The number of alkyl halides is 1. The molecule has 68 valence electrons. The van der Waals surface area contributed by atoms with E-state index in [1.807, 2.05) is 0 Å². The first-order valence-electron chi connectivity index (χ1n) is 3.75. The first-order valence-corrected chi connectivity index (χ1v) is 3.75. The maximum atomic E-state index is 11.9. The molecule has 1 rings (SSSR count). The van der Waals surface area contributed by atoms with Crippen LogP contribution in [0.15, 0.2) is 12.3 Å². The van der Waals surface area contributed by atoms with Crippen molar-refractivity contribution >= 4 is 0 Å². The van der Waals surface area contributed by atoms with Gasteiger partial charge in [0, 0.05) is 12.7 Å². The van der Waals surface area contributed by atoms with Crippen molar-refractivity contribution in [3.8, 4) is 0 Å². The number of aliphatic hydroxyl groups excluding tert-OH is 1. The SMILES string of the molecule is NCC(O)c1ccnn1CCF. The Morgan fingerprint density at radius 2 is 2.50 bits per heavy atom. The van der Waals surface area contributed by atoms with E-state index in [0.29, 0.717) is 5.69 Å². The minimum Gasteiger partial charge on any atom is -0.385 e. The third-order valence-electron chi connectivity index (χ3n) is 1.61. The first-order chi connectivity index (χ1) is 5.79. The zero-order valence-electron chi connectivity index (χ0n) is 6.65. The van der Waals surface area contributed by atoms with Gasteiger partial charge in [-0.15, -0.1) is 0 Å². The lowest BCUT2D eigenvalue weighted by atomic mass is 10.2. The summed E-state index contributed by atoms with van der Waals surface area (Å²) in [5.41, 5.74) is 5.81. The average Bonchev–Trinajstić information content (AvgIpc) is 2.52. The van der Waals surface area contributed by atoms with Gasteiger partial charge in [-0.2, -0.15) is 5.10 Å². The maximum absolute atomic E-state index is 11.9. The van der Waals surface area contributed by atoms with Crippen molar-refractivity contribution in [1.29, 1.82) is 0 Å². The molecule has 0 aromatic carbocycles. The normalized spacial score (nSPS) is 13.2. The molecule has 0 bridgehead atoms. The van der Waals surface area contributed by atoms with Crippen LogP contribution in [-0.2, 0) is 6.54 Å². The molecule has 1 aromatic rings. The number of nitrogens with zero attached hydrogens (tertiary/aromatic N) is 2. The number of aryl methyl sites for hydroxylation is 1. The van der Waals surface area contributed by atoms with Crippen molar-refractivity contribution in [3.05, 3.63) is 18.0 Å². The molecule has 0 saturated carbocycles. The summed E-state index contributed by atoms with van der Waals surface area (Å²) in [5.74, 6) is 0. The first kappa shape index (κ1) is 9.15. The van der Waals surface area contributed by atoms with E-state index in [2.05, 4.69) is 5.10 Å². The molecular formula is C7H12FN3O. The largest absolute Gasteiger partial charge is 0.385 e. The van der Waals surface area contributed by atoms with Crippen LogP contribution in [0.5, 0.6) is 0 Å². The lowest BCUT2D eigenvalue weighted by Gasteiger charge is -2.09. The topological polar surface area (TPSA) is 64.1 Å². The zero-order chi connectivity index (χ0) is 8.97. The van der Waals surface area contributed by atoms with E-state index in [1.54, 1.807) is 6.07 Å². The standard InChI is InChI=1S/C7H12FN3O/c8-2-4-11-6(1-3-10-11)7(12)5-9/h1,3,7,12H,2,4-5,9H2. The Morgan fingerprint density at radius 1 is 1.75 bits per heavy atom. The molecule has 0 aliphatic heterocycles. The summed E-state index contributed by atoms with van der Waals surface area (Å²) in [5, 5.41) is 13.2. The van der Waals surface area contributed by atoms with Crippen molar-refractivity contribution in [3.63, 3.8) is 0 Å². The molecule has 0 aliphatic carbocycles. The van der Waals surface area contributed by atoms with Gasteiger partial charge in [0.1, 0.15) is 12.8 Å². The Hall–Kier alpha value is -0.940. The van der Waals surface area contributed by atoms with E-state index in [0.717, 1.165) is 0 Å². The molecular weight excluding hydrogens is 161 g/mol. The molecule has 1 atom stereocenters. The highest BCUT2D eigenvalue weighted by atomic mass is 19.1. The van der Waals surface area contributed by atoms with Gasteiger partial charge < -0.3 is 10.8 Å². The molecule has 0 fully saturated rings. The van der Waals surface area contributed by atoms with E-state index in [9.17, 15) is 9.50 Å². The fourth-order valence-corrected chi connectivity index (χ4v) is 1.01. The maximum Gasteiger partial charge on any atom is 0.109 e. The van der Waals surface area contributed by atoms with Gasteiger partial charge in [-0.25, -0.2) is 4.39 Å². The lowest BCUT2D eigenvalue weighted by Crippen LogP contribution is -2.17. The Balaban J connectivity index is 2.76. The van der Waals surface area contributed by atoms with Gasteiger partial charge in [0.15, 0.2) is 0 Å². The molecule has 0 saturated heterocycles. The molecule has 0 radical (unpaired) electrons. The Morgan fingerprint density at radius 3 is 3.08 bits per heavy atom. The number of aliphatic hydroxyl groups is 1. The zero-order valence-corrected chi connectivity index (χ0v) is 6.65. The quantitative estimate of drug-likeness (QED) is 0.665. The predicted molar refractivity (Wildman–Crippen MR) is 42.2 cm³/mol. The van der Waals surface area contributed by atoms with Gasteiger partial charge in [-0.1, -0.05) is 0 Å². The van der Waals surface area contributed by atoms with Crippen molar-refractivity contribution in [1.82, 2.24) is 9.78 Å². The molecule has 3 N–H and O–H groups in total. The highest BCUT2D eigenvalue weighted by molar-refractivity contribution is 5.04. The van der Waals surface area contributed by atoms with Crippen molar-refractivity contribution in [2.45, 2.75) is 12.6 Å². The molecule has 12 heavy (non-hydrogen) atoms. The van der Waals surface area contributed by atoms with Gasteiger partial charge >= 0.3 is 0 Å². The van der Waals surface area contributed by atoms with Crippen LogP contribution in [0.25, 0.3) is 0 Å². The molecule has 0 aliphatic rings. The summed E-state index contributed by atoms with van der Waals surface area (Å²) in [7, 11) is 0. The fourth-order valence-electron chi connectivity index (χ4n) is 1.01. The second kappa shape index (κ2) is 4.18. The summed E-state index contributed by atoms with van der Waals surface area (Å²) < 4.78 is 13.3. The molecule has 5 heteroatoms. The number of hydrogen-bond acceptors (Lipinski definition) is 3. The summed E-state index contributed by atoms with van der Waals surface area (Å²) in [6.45, 7) is -0.205. The molecule has 1 aromatic heterocycles. The summed E-state index contributed by atoms with van der Waals surface area (Å²) in [4.78, 5) is 0. The number of hydrogen-bond donors (Lipinski definition) is 2. The Bertz CT molecular complexity index is 238. The van der Waals surface area contributed by atoms with Gasteiger partial charge in [0.05, 0.1) is 12.2 Å².